The number of hydrogen-bond donors (Lipinski definition) is 7. The summed E-state index contributed by atoms with van der Waals surface area (Å²) in [4.78, 5) is 0. The molecule has 6 rings (SSSR count). The Hall–Kier alpha value is 1.27. The minimum absolute atomic E-state index is 0.290. The van der Waals surface area contributed by atoms with Crippen LogP contribution in [0.4, 0.5) is 0 Å². The van der Waals surface area contributed by atoms with Gasteiger partial charge in [-0.25, -0.2) is 0 Å². The van der Waals surface area contributed by atoms with E-state index in [0.29, 0.717) is 151 Å². The first-order valence-electron chi connectivity index (χ1n) is 18.9. The second kappa shape index (κ2) is 18.9. The van der Waals surface area contributed by atoms with Crippen LogP contribution in [0.1, 0.15) is 51.4 Å². The van der Waals surface area contributed by atoms with E-state index in [0.717, 1.165) is 0 Å². The average Bonchev–Trinajstić information content (AvgIpc) is 3.08. The molecule has 304 valence electrons. The lowest BCUT2D eigenvalue weighted by Gasteiger charge is -2.63. The van der Waals surface area contributed by atoms with Crippen molar-refractivity contribution in [2.24, 2.45) is 40.1 Å². The zero-order valence-electron chi connectivity index (χ0n) is 30.3. The van der Waals surface area contributed by atoms with Crippen LogP contribution in [-0.4, -0.2) is 122 Å². The maximum absolute atomic E-state index is 7.44. The zero-order chi connectivity index (χ0) is 37.5. The normalized spacial score (nSPS) is 41.1. The van der Waals surface area contributed by atoms with Crippen molar-refractivity contribution in [2.75, 3.05) is 51.7 Å². The second-order valence-corrected chi connectivity index (χ2v) is 38.8. The molecule has 0 amide bonds. The average molecular weight is 901 g/mol. The van der Waals surface area contributed by atoms with Gasteiger partial charge >= 0.3 is 70.4 Å². The fourth-order valence-electron chi connectivity index (χ4n) is 7.08. The maximum atomic E-state index is 7.44. The van der Waals surface area contributed by atoms with Crippen molar-refractivity contribution in [3.8, 4) is 0 Å². The van der Waals surface area contributed by atoms with Crippen LogP contribution >= 0.6 is 11.6 Å². The molecule has 0 aromatic rings. The lowest BCUT2D eigenvalue weighted by atomic mass is 10.5. The molecule has 0 spiro atoms. The summed E-state index contributed by atoms with van der Waals surface area (Å²) in [6, 6.07) is 2.36. The van der Waals surface area contributed by atoms with E-state index >= 15 is 0 Å². The molecule has 6 fully saturated rings. The summed E-state index contributed by atoms with van der Waals surface area (Å²) in [5.41, 5.74) is 43.2. The summed E-state index contributed by atoms with van der Waals surface area (Å²) in [5, 5.41) is 0. The predicted molar refractivity (Wildman–Crippen MR) is 209 cm³/mol. The Kier molecular flexibility index (Phi) is 16.1. The largest absolute Gasteiger partial charge is 0.478 e. The molecule has 14 N–H and O–H groups in total. The van der Waals surface area contributed by atoms with E-state index in [2.05, 4.69) is 0 Å². The standard InChI is InChI=1S/C24H62ClN7O12Si8/c25-9-1-17-45-33-46(18-2-10-26)36-49(21-5-13-29)38-47(34-45,19-3-11-27)40-51(23-7-15-31)41-48(35-45,20-4-12-28)39-50(37-46,22-6-14-30)43-52(42-49,44-51)24-8-16-32/h1-24,26-32H2. The fraction of sp³-hybridized carbons (Fsp3) is 1.00. The molecule has 28 heteroatoms. The molecule has 0 aromatic heterocycles. The van der Waals surface area contributed by atoms with Gasteiger partial charge in [0.2, 0.25) is 0 Å². The van der Waals surface area contributed by atoms with Crippen molar-refractivity contribution >= 4 is 82.0 Å². The van der Waals surface area contributed by atoms with Crippen molar-refractivity contribution in [3.63, 3.8) is 0 Å². The van der Waals surface area contributed by atoms with E-state index in [1.54, 1.807) is 0 Å². The Labute approximate surface area is 321 Å². The van der Waals surface area contributed by atoms with Gasteiger partial charge in [-0.05, 0) is 97.2 Å². The Morgan fingerprint density at radius 3 is 0.500 bits per heavy atom. The highest BCUT2D eigenvalue weighted by Gasteiger charge is 2.82. The molecular weight excluding hydrogens is 838 g/mol. The molecule has 0 aliphatic carbocycles. The Balaban J connectivity index is 1.88. The van der Waals surface area contributed by atoms with Crippen molar-refractivity contribution in [1.29, 1.82) is 0 Å². The zero-order valence-corrected chi connectivity index (χ0v) is 39.0. The van der Waals surface area contributed by atoms with Gasteiger partial charge in [0.05, 0.1) is 0 Å². The molecule has 6 aliphatic heterocycles. The van der Waals surface area contributed by atoms with Gasteiger partial charge in [-0.1, -0.05) is 0 Å². The Morgan fingerprint density at radius 1 is 0.250 bits per heavy atom. The smallest absolute Gasteiger partial charge is 0.373 e. The van der Waals surface area contributed by atoms with Gasteiger partial charge in [-0.15, -0.1) is 11.6 Å². The predicted octanol–water partition coefficient (Wildman–Crippen LogP) is -0.165. The van der Waals surface area contributed by atoms with E-state index in [9.17, 15) is 0 Å². The SMILES string of the molecule is NCCC[Si]12O[Si]3(CCCN)O[Si]4(CCCN)O[Si](CCCN)(O1)O[Si]1(CCCN)O[Si](CCCN)(O2)O[Si](CCCN)(O3)O[Si](CCCCl)(O4)O1. The molecule has 0 aromatic carbocycles. The fourth-order valence-corrected chi connectivity index (χ4v) is 58.1. The van der Waals surface area contributed by atoms with Crippen LogP contribution in [0.3, 0.4) is 0 Å². The van der Waals surface area contributed by atoms with Crippen LogP contribution in [0, 0.1) is 0 Å². The first kappa shape index (κ1) is 44.4. The first-order valence-corrected chi connectivity index (χ1v) is 34.8. The summed E-state index contributed by atoms with van der Waals surface area (Å²) in [6.07, 6.45) is 3.95. The van der Waals surface area contributed by atoms with Gasteiger partial charge in [0.25, 0.3) is 0 Å². The number of nitrogens with two attached hydrogens (primary N) is 7. The summed E-state index contributed by atoms with van der Waals surface area (Å²) in [6.45, 7) is 2.37. The molecule has 8 bridgehead atoms. The third kappa shape index (κ3) is 10.1. The summed E-state index contributed by atoms with van der Waals surface area (Å²) >= 11 is 6.39. The maximum Gasteiger partial charge on any atom is 0.478 e. The highest BCUT2D eigenvalue weighted by Crippen LogP contribution is 2.54. The number of alkyl halides is 1. The van der Waals surface area contributed by atoms with Crippen LogP contribution in [0.15, 0.2) is 0 Å². The third-order valence-corrected chi connectivity index (χ3v) is 47.0. The van der Waals surface area contributed by atoms with Crippen molar-refractivity contribution in [1.82, 2.24) is 0 Å². The highest BCUT2D eigenvalue weighted by molar-refractivity contribution is 7.03. The molecular formula is C24H62ClN7O12Si8. The Bertz CT molecular complexity index is 839. The topological polar surface area (TPSA) is 293 Å². The molecule has 6 saturated heterocycles. The molecule has 0 atom stereocenters. The lowest BCUT2D eigenvalue weighted by Crippen LogP contribution is -2.88. The minimum Gasteiger partial charge on any atom is -0.373 e. The summed E-state index contributed by atoms with van der Waals surface area (Å²) in [7, 11) is -32.2. The highest BCUT2D eigenvalue weighted by atomic mass is 35.5. The molecule has 0 radical (unpaired) electrons. The van der Waals surface area contributed by atoms with Crippen LogP contribution in [0.5, 0.6) is 0 Å². The molecule has 0 unspecified atom stereocenters. The molecule has 6 aliphatic rings. The van der Waals surface area contributed by atoms with Crippen LogP contribution in [0.2, 0.25) is 48.4 Å². The van der Waals surface area contributed by atoms with Crippen molar-refractivity contribution in [2.45, 2.75) is 99.7 Å². The van der Waals surface area contributed by atoms with Crippen LogP contribution in [0.25, 0.3) is 0 Å². The van der Waals surface area contributed by atoms with Gasteiger partial charge in [-0.2, -0.15) is 0 Å². The number of halogens is 1. The van der Waals surface area contributed by atoms with Crippen LogP contribution < -0.4 is 40.1 Å². The van der Waals surface area contributed by atoms with Crippen molar-refractivity contribution in [3.05, 3.63) is 0 Å². The van der Waals surface area contributed by atoms with Crippen LogP contribution in [-0.2, 0) is 49.4 Å². The van der Waals surface area contributed by atoms with E-state index in [4.69, 9.17) is 101 Å². The minimum atomic E-state index is -4.03. The van der Waals surface area contributed by atoms with Gasteiger partial charge in [0, 0.05) is 54.2 Å². The van der Waals surface area contributed by atoms with Gasteiger partial charge in [0.15, 0.2) is 0 Å². The Morgan fingerprint density at radius 2 is 0.385 bits per heavy atom. The quantitative estimate of drug-likeness (QED) is 0.0489. The molecule has 19 nitrogen and oxygen atoms in total. The summed E-state index contributed by atoms with van der Waals surface area (Å²) < 4.78 is 89.3. The van der Waals surface area contributed by atoms with E-state index in [1.807, 2.05) is 0 Å². The number of rotatable bonds is 24. The van der Waals surface area contributed by atoms with E-state index in [-0.39, 0.29) is 0 Å². The van der Waals surface area contributed by atoms with Crippen molar-refractivity contribution < 1.29 is 49.4 Å². The third-order valence-electron chi connectivity index (χ3n) is 9.16. The van der Waals surface area contributed by atoms with Gasteiger partial charge in [-0.3, -0.25) is 0 Å². The lowest BCUT2D eigenvalue weighted by molar-refractivity contribution is -0.0309. The van der Waals surface area contributed by atoms with E-state index in [1.165, 1.54) is 0 Å². The first-order chi connectivity index (χ1) is 25.0. The monoisotopic (exact) mass is 899 g/mol. The number of hydrogen-bond acceptors (Lipinski definition) is 19. The van der Waals surface area contributed by atoms with Gasteiger partial charge in [0.1, 0.15) is 0 Å². The molecule has 52 heavy (non-hydrogen) atoms. The second-order valence-electron chi connectivity index (χ2n) is 13.7. The molecule has 0 saturated carbocycles. The molecule has 6 heterocycles. The summed E-state index contributed by atoms with van der Waals surface area (Å²) in [5.74, 6) is 0.312. The van der Waals surface area contributed by atoms with E-state index < -0.39 is 70.4 Å². The van der Waals surface area contributed by atoms with Gasteiger partial charge < -0.3 is 89.5 Å².